The Bertz CT molecular complexity index is 1350. The monoisotopic (exact) mass is 916 g/mol. The summed E-state index contributed by atoms with van der Waals surface area (Å²) in [6, 6.07) is -0.736. The van der Waals surface area contributed by atoms with Gasteiger partial charge < -0.3 is 20.3 Å². The molecule has 0 aromatic rings. The van der Waals surface area contributed by atoms with Gasteiger partial charge in [-0.2, -0.15) is 0 Å². The molecule has 0 saturated carbocycles. The minimum absolute atomic E-state index is 0.0161. The summed E-state index contributed by atoms with van der Waals surface area (Å²) in [6.07, 6.45) is 71.5. The maximum Gasteiger partial charge on any atom is 0.306 e. The van der Waals surface area contributed by atoms with Crippen molar-refractivity contribution >= 4 is 11.9 Å². The molecule has 6 nitrogen and oxygen atoms in total. The van der Waals surface area contributed by atoms with Crippen LogP contribution in [0.1, 0.15) is 233 Å². The van der Waals surface area contributed by atoms with Crippen LogP contribution < -0.4 is 5.32 Å². The molecule has 0 aliphatic heterocycles. The predicted molar refractivity (Wildman–Crippen MR) is 287 cm³/mol. The first-order chi connectivity index (χ1) is 32.5. The van der Waals surface area contributed by atoms with Crippen LogP contribution in [0.5, 0.6) is 0 Å². The van der Waals surface area contributed by atoms with Crippen molar-refractivity contribution in [2.75, 3.05) is 6.61 Å². The summed E-state index contributed by atoms with van der Waals surface area (Å²) < 4.78 is 5.90. The summed E-state index contributed by atoms with van der Waals surface area (Å²) >= 11 is 0. The number of unbranched alkanes of at least 4 members (excludes halogenated alkanes) is 21. The van der Waals surface area contributed by atoms with Crippen LogP contribution in [-0.4, -0.2) is 46.9 Å². The number of aliphatic hydroxyl groups is 2. The Morgan fingerprint density at radius 3 is 1.42 bits per heavy atom. The molecule has 0 saturated heterocycles. The number of hydrogen-bond acceptors (Lipinski definition) is 5. The standard InChI is InChI=1S/C60H101NO5/c1-4-7-10-13-16-19-22-25-28-29-32-33-36-39-42-45-48-51-56(66-60(65)53-50-47-44-41-38-35-31-27-24-21-18-15-12-9-6-3)54-59(64)61-57(55-62)58(63)52-49-46-43-40-37-34-30-26-23-20-17-14-11-8-5-2/h9,12,15-16,18-19,21,24-25,27-28,31-33,35,38-39,42,56-58,62-63H,4-8,10-11,13-14,17,20,22-23,26,29-30,34,36-37,40-41,43-55H2,1-3H3,(H,61,64)/b12-9+,18-15+,19-16-,24-21-,28-25-,31-27-,33-32-,38-35+,42-39-. The first-order valence-corrected chi connectivity index (χ1v) is 27.2. The Morgan fingerprint density at radius 1 is 0.470 bits per heavy atom. The molecule has 6 heteroatoms. The number of allylic oxidation sites excluding steroid dienone is 18. The molecular formula is C60H101NO5. The molecule has 0 fully saturated rings. The van der Waals surface area contributed by atoms with Crippen LogP contribution in [0.15, 0.2) is 109 Å². The zero-order valence-electron chi connectivity index (χ0n) is 42.8. The van der Waals surface area contributed by atoms with E-state index >= 15 is 0 Å². The van der Waals surface area contributed by atoms with Crippen LogP contribution in [0.2, 0.25) is 0 Å². The number of nitrogens with one attached hydrogen (secondary N) is 1. The van der Waals surface area contributed by atoms with E-state index in [-0.39, 0.29) is 24.9 Å². The van der Waals surface area contributed by atoms with Crippen LogP contribution in [0.3, 0.4) is 0 Å². The van der Waals surface area contributed by atoms with Crippen molar-refractivity contribution in [3.8, 4) is 0 Å². The normalized spacial score (nSPS) is 14.1. The maximum atomic E-state index is 13.2. The number of aliphatic hydroxyl groups excluding tert-OH is 2. The lowest BCUT2D eigenvalue weighted by molar-refractivity contribution is -0.151. The van der Waals surface area contributed by atoms with Gasteiger partial charge in [0.2, 0.25) is 5.91 Å². The van der Waals surface area contributed by atoms with Gasteiger partial charge in [-0.05, 0) is 83.5 Å². The van der Waals surface area contributed by atoms with Crippen molar-refractivity contribution in [3.05, 3.63) is 109 Å². The van der Waals surface area contributed by atoms with Gasteiger partial charge in [-0.15, -0.1) is 0 Å². The average Bonchev–Trinajstić information content (AvgIpc) is 3.31. The minimum Gasteiger partial charge on any atom is -0.462 e. The van der Waals surface area contributed by atoms with Crippen molar-refractivity contribution in [3.63, 3.8) is 0 Å². The Balaban J connectivity index is 4.77. The molecule has 3 atom stereocenters. The van der Waals surface area contributed by atoms with E-state index in [1.807, 2.05) is 42.5 Å². The molecule has 0 heterocycles. The van der Waals surface area contributed by atoms with Gasteiger partial charge >= 0.3 is 5.97 Å². The molecule has 0 rings (SSSR count). The van der Waals surface area contributed by atoms with Gasteiger partial charge in [0.15, 0.2) is 0 Å². The molecular weight excluding hydrogens is 815 g/mol. The largest absolute Gasteiger partial charge is 0.462 e. The van der Waals surface area contributed by atoms with Crippen LogP contribution in [0.4, 0.5) is 0 Å². The molecule has 0 spiro atoms. The molecule has 0 aromatic carbocycles. The number of ether oxygens (including phenoxy) is 1. The second kappa shape index (κ2) is 52.5. The molecule has 3 unspecified atom stereocenters. The third-order valence-electron chi connectivity index (χ3n) is 11.7. The van der Waals surface area contributed by atoms with E-state index in [2.05, 4.69) is 92.9 Å². The van der Waals surface area contributed by atoms with Crippen LogP contribution in [-0.2, 0) is 14.3 Å². The summed E-state index contributed by atoms with van der Waals surface area (Å²) in [5.41, 5.74) is 0. The van der Waals surface area contributed by atoms with Crippen molar-refractivity contribution in [1.82, 2.24) is 5.32 Å². The summed E-state index contributed by atoms with van der Waals surface area (Å²) in [6.45, 7) is 6.29. The van der Waals surface area contributed by atoms with E-state index in [4.69, 9.17) is 4.74 Å². The van der Waals surface area contributed by atoms with E-state index < -0.39 is 18.2 Å². The topological polar surface area (TPSA) is 95.9 Å². The Hall–Kier alpha value is -3.48. The SMILES string of the molecule is CC/C=C/C=C/C=C\C=C/C=C/CCCCCC(=O)OC(CCC/C=C\C/C=C\C/C=C\C/C=C\CCCCC)CC(=O)NC(CO)C(O)CCCCCCCCCCCCCCCCC. The Labute approximate surface area is 407 Å². The molecule has 0 aliphatic rings. The minimum atomic E-state index is -0.817. The van der Waals surface area contributed by atoms with Gasteiger partial charge in [-0.25, -0.2) is 0 Å². The fourth-order valence-electron chi connectivity index (χ4n) is 7.62. The van der Waals surface area contributed by atoms with Gasteiger partial charge in [0.05, 0.1) is 25.2 Å². The molecule has 0 bridgehead atoms. The van der Waals surface area contributed by atoms with Crippen molar-refractivity contribution in [1.29, 1.82) is 0 Å². The first-order valence-electron chi connectivity index (χ1n) is 27.2. The van der Waals surface area contributed by atoms with Crippen molar-refractivity contribution < 1.29 is 24.5 Å². The van der Waals surface area contributed by atoms with Crippen LogP contribution >= 0.6 is 0 Å². The summed E-state index contributed by atoms with van der Waals surface area (Å²) in [5, 5.41) is 23.8. The number of esters is 1. The van der Waals surface area contributed by atoms with Crippen molar-refractivity contribution in [2.24, 2.45) is 0 Å². The predicted octanol–water partition coefficient (Wildman–Crippen LogP) is 16.7. The highest BCUT2D eigenvalue weighted by Gasteiger charge is 2.24. The lowest BCUT2D eigenvalue weighted by Gasteiger charge is -2.24. The molecule has 0 aromatic heterocycles. The molecule has 0 aliphatic carbocycles. The van der Waals surface area contributed by atoms with E-state index in [1.54, 1.807) is 0 Å². The van der Waals surface area contributed by atoms with E-state index in [1.165, 1.54) is 103 Å². The zero-order valence-corrected chi connectivity index (χ0v) is 42.8. The molecule has 66 heavy (non-hydrogen) atoms. The lowest BCUT2D eigenvalue weighted by Crippen LogP contribution is -2.46. The summed E-state index contributed by atoms with van der Waals surface area (Å²) in [5.74, 6) is -0.584. The highest BCUT2D eigenvalue weighted by Crippen LogP contribution is 2.17. The fourth-order valence-corrected chi connectivity index (χ4v) is 7.62. The summed E-state index contributed by atoms with van der Waals surface area (Å²) in [4.78, 5) is 26.2. The Morgan fingerprint density at radius 2 is 0.894 bits per heavy atom. The van der Waals surface area contributed by atoms with Gasteiger partial charge in [0.25, 0.3) is 0 Å². The van der Waals surface area contributed by atoms with Gasteiger partial charge in [-0.3, -0.25) is 9.59 Å². The number of carbonyl (C=O) groups excluding carboxylic acids is 2. The van der Waals surface area contributed by atoms with Crippen LogP contribution in [0, 0.1) is 0 Å². The lowest BCUT2D eigenvalue weighted by atomic mass is 10.0. The first kappa shape index (κ1) is 62.5. The van der Waals surface area contributed by atoms with Crippen LogP contribution in [0.25, 0.3) is 0 Å². The summed E-state index contributed by atoms with van der Waals surface area (Å²) in [7, 11) is 0. The molecule has 0 radical (unpaired) electrons. The third-order valence-corrected chi connectivity index (χ3v) is 11.7. The fraction of sp³-hybridized carbons (Fsp3) is 0.667. The van der Waals surface area contributed by atoms with Crippen molar-refractivity contribution in [2.45, 2.75) is 251 Å². The number of hydrogen-bond donors (Lipinski definition) is 3. The number of rotatable bonds is 47. The highest BCUT2D eigenvalue weighted by molar-refractivity contribution is 5.77. The number of amides is 1. The zero-order chi connectivity index (χ0) is 48.1. The van der Waals surface area contributed by atoms with E-state index in [0.717, 1.165) is 83.5 Å². The van der Waals surface area contributed by atoms with Gasteiger partial charge in [0, 0.05) is 6.42 Å². The smallest absolute Gasteiger partial charge is 0.306 e. The second-order valence-corrected chi connectivity index (χ2v) is 18.0. The Kier molecular flexibility index (Phi) is 49.7. The average molecular weight is 916 g/mol. The van der Waals surface area contributed by atoms with Gasteiger partial charge in [-0.1, -0.05) is 246 Å². The molecule has 376 valence electrons. The highest BCUT2D eigenvalue weighted by atomic mass is 16.5. The maximum absolute atomic E-state index is 13.2. The number of carbonyl (C=O) groups is 2. The second-order valence-electron chi connectivity index (χ2n) is 18.0. The third kappa shape index (κ3) is 47.0. The molecule has 1 amide bonds. The van der Waals surface area contributed by atoms with Gasteiger partial charge in [0.1, 0.15) is 6.10 Å². The van der Waals surface area contributed by atoms with E-state index in [9.17, 15) is 19.8 Å². The molecule has 3 N–H and O–H groups in total. The van der Waals surface area contributed by atoms with E-state index in [0.29, 0.717) is 19.3 Å². The quantitative estimate of drug-likeness (QED) is 0.0245.